The Hall–Kier alpha value is -1.95. The maximum absolute atomic E-state index is 10.9. The first-order valence-electron chi connectivity index (χ1n) is 5.37. The van der Waals surface area contributed by atoms with Crippen LogP contribution < -0.4 is 0 Å². The van der Waals surface area contributed by atoms with Gasteiger partial charge in [-0.25, -0.2) is 4.79 Å². The predicted octanol–water partition coefficient (Wildman–Crippen LogP) is 1.35. The molecular weight excluding hydrogens is 222 g/mol. The number of hydrogen-bond acceptors (Lipinski definition) is 4. The lowest BCUT2D eigenvalue weighted by Crippen LogP contribution is -2.03. The third-order valence-electron chi connectivity index (χ3n) is 2.30. The molecule has 0 unspecified atom stereocenters. The van der Waals surface area contributed by atoms with Gasteiger partial charge in [0.1, 0.15) is 6.61 Å². The number of nitrogens with zero attached hydrogens (tertiary/aromatic N) is 3. The van der Waals surface area contributed by atoms with Gasteiger partial charge in [-0.1, -0.05) is 6.92 Å². The Labute approximate surface area is 97.9 Å². The van der Waals surface area contributed by atoms with Crippen molar-refractivity contribution in [1.29, 1.82) is 0 Å². The fraction of sp³-hybridized carbons (Fsp3) is 0.364. The van der Waals surface area contributed by atoms with Crippen LogP contribution in [0.25, 0.3) is 5.65 Å². The van der Waals surface area contributed by atoms with E-state index in [1.54, 1.807) is 10.5 Å². The molecule has 0 atom stereocenters. The monoisotopic (exact) mass is 235 g/mol. The van der Waals surface area contributed by atoms with Crippen molar-refractivity contribution in [1.82, 2.24) is 14.6 Å². The van der Waals surface area contributed by atoms with Crippen molar-refractivity contribution in [2.45, 2.75) is 20.0 Å². The van der Waals surface area contributed by atoms with Crippen molar-refractivity contribution in [3.8, 4) is 0 Å². The zero-order valence-corrected chi connectivity index (χ0v) is 9.46. The minimum Gasteiger partial charge on any atom is -0.478 e. The van der Waals surface area contributed by atoms with Gasteiger partial charge in [0.05, 0.1) is 5.56 Å². The summed E-state index contributed by atoms with van der Waals surface area (Å²) in [7, 11) is 0. The Morgan fingerprint density at radius 2 is 2.29 bits per heavy atom. The predicted molar refractivity (Wildman–Crippen MR) is 59.9 cm³/mol. The quantitative estimate of drug-likeness (QED) is 0.791. The van der Waals surface area contributed by atoms with Crippen LogP contribution in [-0.2, 0) is 11.3 Å². The van der Waals surface area contributed by atoms with Crippen LogP contribution in [0.5, 0.6) is 0 Å². The summed E-state index contributed by atoms with van der Waals surface area (Å²) in [6.45, 7) is 3.00. The molecule has 0 spiro atoms. The molecule has 0 bridgehead atoms. The summed E-state index contributed by atoms with van der Waals surface area (Å²) in [6, 6.07) is 3.13. The second kappa shape index (κ2) is 4.92. The molecule has 6 nitrogen and oxygen atoms in total. The minimum absolute atomic E-state index is 0.203. The minimum atomic E-state index is -0.971. The molecule has 6 heteroatoms. The maximum Gasteiger partial charge on any atom is 0.337 e. The van der Waals surface area contributed by atoms with E-state index in [0.717, 1.165) is 6.42 Å². The number of pyridine rings is 1. The van der Waals surface area contributed by atoms with E-state index in [4.69, 9.17) is 9.84 Å². The molecule has 2 rings (SSSR count). The molecule has 0 radical (unpaired) electrons. The maximum atomic E-state index is 10.9. The Morgan fingerprint density at radius 1 is 1.47 bits per heavy atom. The first kappa shape index (κ1) is 11.5. The molecule has 0 aliphatic heterocycles. The number of ether oxygens (including phenoxy) is 1. The molecule has 0 fully saturated rings. The molecule has 1 N–H and O–H groups in total. The topological polar surface area (TPSA) is 76.7 Å². The highest BCUT2D eigenvalue weighted by Gasteiger charge is 2.09. The number of carboxylic acid groups (broad SMARTS) is 1. The lowest BCUT2D eigenvalue weighted by atomic mass is 10.3. The second-order valence-electron chi connectivity index (χ2n) is 3.62. The number of fused-ring (bicyclic) bond motifs is 1. The van der Waals surface area contributed by atoms with Gasteiger partial charge in [0.15, 0.2) is 11.5 Å². The number of aromatic carboxylic acids is 1. The van der Waals surface area contributed by atoms with Crippen LogP contribution in [0.1, 0.15) is 29.5 Å². The van der Waals surface area contributed by atoms with Gasteiger partial charge in [-0.2, -0.15) is 0 Å². The molecule has 2 heterocycles. The van der Waals surface area contributed by atoms with Gasteiger partial charge in [0.25, 0.3) is 0 Å². The van der Waals surface area contributed by atoms with Crippen LogP contribution in [0.15, 0.2) is 18.3 Å². The van der Waals surface area contributed by atoms with Crippen LogP contribution in [0.2, 0.25) is 0 Å². The van der Waals surface area contributed by atoms with Gasteiger partial charge < -0.3 is 9.84 Å². The summed E-state index contributed by atoms with van der Waals surface area (Å²) in [4.78, 5) is 10.9. The molecule has 2 aromatic rings. The van der Waals surface area contributed by atoms with Gasteiger partial charge in [-0.05, 0) is 18.6 Å². The summed E-state index contributed by atoms with van der Waals surface area (Å²) < 4.78 is 7.00. The molecule has 0 aromatic carbocycles. The molecule has 0 amide bonds. The fourth-order valence-corrected chi connectivity index (χ4v) is 1.47. The molecule has 17 heavy (non-hydrogen) atoms. The number of hydrogen-bond donors (Lipinski definition) is 1. The highest BCUT2D eigenvalue weighted by Crippen LogP contribution is 2.08. The normalized spacial score (nSPS) is 10.9. The molecule has 0 aliphatic carbocycles. The standard InChI is InChI=1S/C11H13N3O3/c1-2-5-17-7-10-13-12-9-4-3-8(11(15)16)6-14(9)10/h3-4,6H,2,5,7H2,1H3,(H,15,16). The van der Waals surface area contributed by atoms with E-state index in [1.807, 2.05) is 6.92 Å². The highest BCUT2D eigenvalue weighted by molar-refractivity contribution is 5.87. The van der Waals surface area contributed by atoms with E-state index in [9.17, 15) is 4.79 Å². The van der Waals surface area contributed by atoms with Crippen molar-refractivity contribution in [2.24, 2.45) is 0 Å². The lowest BCUT2D eigenvalue weighted by Gasteiger charge is -2.02. The van der Waals surface area contributed by atoms with Crippen LogP contribution in [0.3, 0.4) is 0 Å². The number of aromatic nitrogens is 3. The van der Waals surface area contributed by atoms with E-state index in [0.29, 0.717) is 24.7 Å². The van der Waals surface area contributed by atoms with Gasteiger partial charge in [0, 0.05) is 12.8 Å². The van der Waals surface area contributed by atoms with Crippen molar-refractivity contribution < 1.29 is 14.6 Å². The summed E-state index contributed by atoms with van der Waals surface area (Å²) in [5, 5.41) is 16.8. The third kappa shape index (κ3) is 2.42. The van der Waals surface area contributed by atoms with E-state index in [-0.39, 0.29) is 5.56 Å². The van der Waals surface area contributed by atoms with Crippen molar-refractivity contribution in [2.75, 3.05) is 6.61 Å². The van der Waals surface area contributed by atoms with E-state index >= 15 is 0 Å². The smallest absolute Gasteiger partial charge is 0.337 e. The number of rotatable bonds is 5. The van der Waals surface area contributed by atoms with Crippen LogP contribution in [-0.4, -0.2) is 32.3 Å². The molecule has 90 valence electrons. The van der Waals surface area contributed by atoms with E-state index in [2.05, 4.69) is 10.2 Å². The average Bonchev–Trinajstić information content (AvgIpc) is 2.72. The van der Waals surface area contributed by atoms with Gasteiger partial charge in [-0.3, -0.25) is 4.40 Å². The summed E-state index contributed by atoms with van der Waals surface area (Å²) in [5.74, 6) is -0.363. The van der Waals surface area contributed by atoms with E-state index in [1.165, 1.54) is 12.3 Å². The molecule has 0 saturated carbocycles. The zero-order chi connectivity index (χ0) is 12.3. The van der Waals surface area contributed by atoms with Gasteiger partial charge >= 0.3 is 5.97 Å². The molecular formula is C11H13N3O3. The van der Waals surface area contributed by atoms with Crippen LogP contribution in [0, 0.1) is 0 Å². The van der Waals surface area contributed by atoms with Crippen LogP contribution in [0.4, 0.5) is 0 Å². The Kier molecular flexibility index (Phi) is 3.34. The second-order valence-corrected chi connectivity index (χ2v) is 3.62. The Balaban J connectivity index is 2.30. The zero-order valence-electron chi connectivity index (χ0n) is 9.46. The molecule has 0 saturated heterocycles. The fourth-order valence-electron chi connectivity index (χ4n) is 1.47. The van der Waals surface area contributed by atoms with Crippen molar-refractivity contribution >= 4 is 11.6 Å². The third-order valence-corrected chi connectivity index (χ3v) is 2.30. The molecule has 2 aromatic heterocycles. The Bertz CT molecular complexity index is 536. The Morgan fingerprint density at radius 3 is 3.00 bits per heavy atom. The van der Waals surface area contributed by atoms with E-state index < -0.39 is 5.97 Å². The first-order valence-corrected chi connectivity index (χ1v) is 5.37. The molecule has 0 aliphatic rings. The van der Waals surface area contributed by atoms with Crippen molar-refractivity contribution in [3.05, 3.63) is 29.7 Å². The summed E-state index contributed by atoms with van der Waals surface area (Å²) in [5.41, 5.74) is 0.819. The summed E-state index contributed by atoms with van der Waals surface area (Å²) in [6.07, 6.45) is 2.43. The largest absolute Gasteiger partial charge is 0.478 e. The first-order chi connectivity index (χ1) is 8.22. The summed E-state index contributed by atoms with van der Waals surface area (Å²) >= 11 is 0. The SMILES string of the molecule is CCCOCc1nnc2ccc(C(=O)O)cn12. The lowest BCUT2D eigenvalue weighted by molar-refractivity contribution is 0.0696. The highest BCUT2D eigenvalue weighted by atomic mass is 16.5. The van der Waals surface area contributed by atoms with Crippen molar-refractivity contribution in [3.63, 3.8) is 0 Å². The number of carboxylic acids is 1. The average molecular weight is 235 g/mol. The van der Waals surface area contributed by atoms with Gasteiger partial charge in [-0.15, -0.1) is 10.2 Å². The van der Waals surface area contributed by atoms with Crippen LogP contribution >= 0.6 is 0 Å². The van der Waals surface area contributed by atoms with Gasteiger partial charge in [0.2, 0.25) is 0 Å². The number of carbonyl (C=O) groups is 1.